The molecule has 0 unspecified atom stereocenters. The average Bonchev–Trinajstić information content (AvgIpc) is 3.21. The molecule has 2 aromatic carbocycles. The number of hydrogen-bond acceptors (Lipinski definition) is 3. The van der Waals surface area contributed by atoms with Crippen molar-refractivity contribution in [2.75, 3.05) is 23.7 Å². The minimum absolute atomic E-state index is 0.0261. The van der Waals surface area contributed by atoms with Gasteiger partial charge in [0.25, 0.3) is 0 Å². The van der Waals surface area contributed by atoms with Crippen LogP contribution in [-0.2, 0) is 16.0 Å². The van der Waals surface area contributed by atoms with Crippen molar-refractivity contribution in [3.05, 3.63) is 78.5 Å². The lowest BCUT2D eigenvalue weighted by Crippen LogP contribution is -2.42. The summed E-state index contributed by atoms with van der Waals surface area (Å²) in [5.41, 5.74) is 2.92. The van der Waals surface area contributed by atoms with Crippen LogP contribution in [0.1, 0.15) is 12.0 Å². The van der Waals surface area contributed by atoms with Crippen LogP contribution in [0.2, 0.25) is 0 Å². The second-order valence-electron chi connectivity index (χ2n) is 6.91. The molecule has 2 heterocycles. The van der Waals surface area contributed by atoms with Gasteiger partial charge in [0.15, 0.2) is 0 Å². The Labute approximate surface area is 174 Å². The van der Waals surface area contributed by atoms with E-state index in [9.17, 15) is 9.59 Å². The molecular weight excluding hydrogens is 382 g/mol. The van der Waals surface area contributed by atoms with Crippen LogP contribution in [0.5, 0.6) is 0 Å². The lowest BCUT2D eigenvalue weighted by Gasteiger charge is -2.27. The van der Waals surface area contributed by atoms with Crippen LogP contribution in [0.3, 0.4) is 0 Å². The van der Waals surface area contributed by atoms with Crippen molar-refractivity contribution >= 4 is 29.3 Å². The number of hydrogen-bond donors (Lipinski definition) is 1. The molecule has 3 aromatic rings. The van der Waals surface area contributed by atoms with E-state index >= 15 is 0 Å². The number of aromatic nitrogens is 1. The summed E-state index contributed by atoms with van der Waals surface area (Å²) in [6.45, 7) is 0.617. The number of amides is 2. The van der Waals surface area contributed by atoms with Gasteiger partial charge in [0, 0.05) is 12.7 Å². The summed E-state index contributed by atoms with van der Waals surface area (Å²) < 4.78 is 2.07. The summed E-state index contributed by atoms with van der Waals surface area (Å²) in [6, 6.07) is 21.9. The third kappa shape index (κ3) is 4.54. The second-order valence-corrected chi connectivity index (χ2v) is 7.91. The number of thioether (sulfide) groups is 1. The lowest BCUT2D eigenvalue weighted by molar-refractivity contribution is -0.122. The molecule has 0 atom stereocenters. The van der Waals surface area contributed by atoms with Crippen LogP contribution in [0.4, 0.5) is 5.69 Å². The Bertz CT molecular complexity index is 1000. The minimum atomic E-state index is -0.139. The average molecular weight is 406 g/mol. The van der Waals surface area contributed by atoms with Crippen LogP contribution in [0, 0.1) is 0 Å². The van der Waals surface area contributed by atoms with Crippen molar-refractivity contribution in [1.29, 1.82) is 0 Å². The number of para-hydroxylation sites is 2. The Morgan fingerprint density at radius 2 is 1.72 bits per heavy atom. The molecule has 6 heteroatoms. The van der Waals surface area contributed by atoms with Gasteiger partial charge in [-0.15, -0.1) is 0 Å². The molecule has 1 aromatic heterocycles. The third-order valence-electron chi connectivity index (χ3n) is 4.90. The Hall–Kier alpha value is -2.99. The van der Waals surface area contributed by atoms with E-state index in [-0.39, 0.29) is 18.4 Å². The highest BCUT2D eigenvalue weighted by Crippen LogP contribution is 2.32. The second kappa shape index (κ2) is 9.01. The normalized spacial score (nSPS) is 13.2. The molecule has 1 aliphatic rings. The summed E-state index contributed by atoms with van der Waals surface area (Å²) in [6.07, 6.45) is 3.77. The standard InChI is InChI=1S/C23H23N3O2S/c27-21(24-14-6-10-18-8-2-1-3-9-18)16-26-20-12-5-4-11-19(20)25-15-7-13-23(25)29-17-22(26)28/h1-5,7-9,11-13,15H,6,10,14,16-17H2,(H,24,27). The number of fused-ring (bicyclic) bond motifs is 3. The maximum atomic E-state index is 12.8. The van der Waals surface area contributed by atoms with E-state index in [2.05, 4.69) is 22.0 Å². The molecule has 1 aliphatic heterocycles. The van der Waals surface area contributed by atoms with E-state index in [1.54, 1.807) is 4.90 Å². The van der Waals surface area contributed by atoms with Crippen molar-refractivity contribution in [2.45, 2.75) is 17.9 Å². The molecule has 4 rings (SSSR count). The molecule has 2 amide bonds. The first-order valence-corrected chi connectivity index (χ1v) is 10.7. The molecule has 0 bridgehead atoms. The SMILES string of the molecule is O=C(CN1C(=O)CSc2cccn2-c2ccccc21)NCCCc1ccccc1. The van der Waals surface area contributed by atoms with Gasteiger partial charge in [-0.3, -0.25) is 9.59 Å². The maximum absolute atomic E-state index is 12.8. The molecule has 0 aliphatic carbocycles. The monoisotopic (exact) mass is 405 g/mol. The van der Waals surface area contributed by atoms with Gasteiger partial charge in [-0.05, 0) is 42.7 Å². The first kappa shape index (κ1) is 19.3. The number of nitrogens with one attached hydrogen (secondary N) is 1. The molecule has 0 fully saturated rings. The molecule has 0 saturated heterocycles. The third-order valence-corrected chi connectivity index (χ3v) is 5.92. The largest absolute Gasteiger partial charge is 0.355 e. The maximum Gasteiger partial charge on any atom is 0.240 e. The Morgan fingerprint density at radius 1 is 0.966 bits per heavy atom. The Kier molecular flexibility index (Phi) is 6.00. The Morgan fingerprint density at radius 3 is 2.55 bits per heavy atom. The van der Waals surface area contributed by atoms with E-state index in [1.807, 2.05) is 60.8 Å². The molecule has 0 spiro atoms. The highest BCUT2D eigenvalue weighted by Gasteiger charge is 2.25. The first-order chi connectivity index (χ1) is 14.2. The summed E-state index contributed by atoms with van der Waals surface area (Å²) in [5.74, 6) is 0.105. The number of benzene rings is 2. The van der Waals surface area contributed by atoms with Crippen LogP contribution < -0.4 is 10.2 Å². The minimum Gasteiger partial charge on any atom is -0.355 e. The van der Waals surface area contributed by atoms with Crippen LogP contribution in [0.25, 0.3) is 5.69 Å². The van der Waals surface area contributed by atoms with Crippen molar-refractivity contribution in [3.63, 3.8) is 0 Å². The van der Waals surface area contributed by atoms with Crippen molar-refractivity contribution in [2.24, 2.45) is 0 Å². The van der Waals surface area contributed by atoms with Gasteiger partial charge in [0.1, 0.15) is 6.54 Å². The number of anilines is 1. The summed E-state index contributed by atoms with van der Waals surface area (Å²) in [5, 5.41) is 3.98. The molecule has 0 saturated carbocycles. The zero-order valence-corrected chi connectivity index (χ0v) is 16.9. The van der Waals surface area contributed by atoms with Gasteiger partial charge in [0.2, 0.25) is 11.8 Å². The summed E-state index contributed by atoms with van der Waals surface area (Å²) in [4.78, 5) is 27.0. The Balaban J connectivity index is 1.42. The van der Waals surface area contributed by atoms with Crippen molar-refractivity contribution < 1.29 is 9.59 Å². The molecule has 0 radical (unpaired) electrons. The number of rotatable bonds is 6. The van der Waals surface area contributed by atoms with Crippen LogP contribution >= 0.6 is 11.8 Å². The summed E-state index contributed by atoms with van der Waals surface area (Å²) >= 11 is 1.49. The van der Waals surface area contributed by atoms with Gasteiger partial charge in [-0.2, -0.15) is 0 Å². The van der Waals surface area contributed by atoms with E-state index < -0.39 is 0 Å². The lowest BCUT2D eigenvalue weighted by atomic mass is 10.1. The topological polar surface area (TPSA) is 54.3 Å². The smallest absolute Gasteiger partial charge is 0.240 e. The fraction of sp³-hybridized carbons (Fsp3) is 0.217. The van der Waals surface area contributed by atoms with Crippen molar-refractivity contribution in [3.8, 4) is 5.69 Å². The molecule has 5 nitrogen and oxygen atoms in total. The van der Waals surface area contributed by atoms with Gasteiger partial charge < -0.3 is 14.8 Å². The van der Waals surface area contributed by atoms with Crippen molar-refractivity contribution in [1.82, 2.24) is 9.88 Å². The molecular formula is C23H23N3O2S. The molecule has 1 N–H and O–H groups in total. The zero-order valence-electron chi connectivity index (χ0n) is 16.1. The van der Waals surface area contributed by atoms with E-state index in [0.717, 1.165) is 29.2 Å². The fourth-order valence-corrected chi connectivity index (χ4v) is 4.36. The highest BCUT2D eigenvalue weighted by molar-refractivity contribution is 7.99. The highest BCUT2D eigenvalue weighted by atomic mass is 32.2. The van der Waals surface area contributed by atoms with Gasteiger partial charge >= 0.3 is 0 Å². The number of carbonyl (C=O) groups is 2. The first-order valence-electron chi connectivity index (χ1n) is 9.73. The number of carbonyl (C=O) groups excluding carboxylic acids is 2. The van der Waals surface area contributed by atoms with E-state index in [1.165, 1.54) is 17.3 Å². The van der Waals surface area contributed by atoms with Gasteiger partial charge in [-0.25, -0.2) is 0 Å². The van der Waals surface area contributed by atoms with Crippen LogP contribution in [0.15, 0.2) is 78.0 Å². The molecule has 148 valence electrons. The van der Waals surface area contributed by atoms with E-state index in [4.69, 9.17) is 0 Å². The van der Waals surface area contributed by atoms with Gasteiger partial charge in [-0.1, -0.05) is 54.2 Å². The predicted molar refractivity (Wildman–Crippen MR) is 117 cm³/mol. The fourth-order valence-electron chi connectivity index (χ4n) is 3.46. The number of aryl methyl sites for hydroxylation is 1. The quantitative estimate of drug-likeness (QED) is 0.637. The number of nitrogens with zero attached hydrogens (tertiary/aromatic N) is 2. The zero-order chi connectivity index (χ0) is 20.1. The van der Waals surface area contributed by atoms with Gasteiger partial charge in [0.05, 0.1) is 22.2 Å². The molecule has 29 heavy (non-hydrogen) atoms. The summed E-state index contributed by atoms with van der Waals surface area (Å²) in [7, 11) is 0. The predicted octanol–water partition coefficient (Wildman–Crippen LogP) is 3.67. The van der Waals surface area contributed by atoms with E-state index in [0.29, 0.717) is 12.3 Å². The van der Waals surface area contributed by atoms with Crippen LogP contribution in [-0.4, -0.2) is 35.2 Å².